The van der Waals surface area contributed by atoms with Crippen molar-refractivity contribution in [2.45, 2.75) is 38.1 Å². The molecule has 5 nitrogen and oxygen atoms in total. The first-order chi connectivity index (χ1) is 7.29. The number of hydrogen-bond donors (Lipinski definition) is 1. The lowest BCUT2D eigenvalue weighted by atomic mass is 9.82. The number of aromatic nitrogens is 4. The normalized spacial score (nSPS) is 26.8. The van der Waals surface area contributed by atoms with Gasteiger partial charge in [0.05, 0.1) is 7.05 Å². The topological polar surface area (TPSA) is 55.6 Å². The Morgan fingerprint density at radius 3 is 2.87 bits per heavy atom. The van der Waals surface area contributed by atoms with Crippen LogP contribution < -0.4 is 5.32 Å². The van der Waals surface area contributed by atoms with Crippen LogP contribution in [-0.4, -0.2) is 33.3 Å². The maximum atomic E-state index is 4.24. The Hall–Kier alpha value is -0.970. The van der Waals surface area contributed by atoms with Crippen molar-refractivity contribution in [3.05, 3.63) is 5.82 Å². The zero-order chi connectivity index (χ0) is 10.7. The summed E-state index contributed by atoms with van der Waals surface area (Å²) in [5.41, 5.74) is 0. The van der Waals surface area contributed by atoms with E-state index in [0.717, 1.165) is 12.2 Å². The van der Waals surface area contributed by atoms with Crippen LogP contribution in [0.4, 0.5) is 0 Å². The fourth-order valence-electron chi connectivity index (χ4n) is 2.47. The summed E-state index contributed by atoms with van der Waals surface area (Å²) in [5.74, 6) is 1.55. The van der Waals surface area contributed by atoms with Gasteiger partial charge in [0, 0.05) is 12.5 Å². The van der Waals surface area contributed by atoms with E-state index < -0.39 is 0 Å². The molecule has 2 atom stereocenters. The SMILES string of the molecule is CNC1CCCCC1Cc1nnn(C)n1. The van der Waals surface area contributed by atoms with Crippen molar-refractivity contribution in [2.24, 2.45) is 13.0 Å². The summed E-state index contributed by atoms with van der Waals surface area (Å²) >= 11 is 0. The predicted molar refractivity (Wildman–Crippen MR) is 57.3 cm³/mol. The molecule has 0 amide bonds. The number of nitrogens with one attached hydrogen (secondary N) is 1. The number of aryl methyl sites for hydroxylation is 1. The molecule has 0 aliphatic heterocycles. The van der Waals surface area contributed by atoms with Gasteiger partial charge in [0.25, 0.3) is 0 Å². The van der Waals surface area contributed by atoms with Crippen molar-refractivity contribution in [1.82, 2.24) is 25.5 Å². The highest BCUT2D eigenvalue weighted by Crippen LogP contribution is 2.26. The molecule has 5 heteroatoms. The Balaban J connectivity index is 1.97. The van der Waals surface area contributed by atoms with Crippen LogP contribution in [0.2, 0.25) is 0 Å². The Kier molecular flexibility index (Phi) is 3.30. The second kappa shape index (κ2) is 4.70. The minimum absolute atomic E-state index is 0.627. The van der Waals surface area contributed by atoms with Gasteiger partial charge in [0.15, 0.2) is 5.82 Å². The maximum Gasteiger partial charge on any atom is 0.175 e. The van der Waals surface area contributed by atoms with E-state index in [9.17, 15) is 0 Å². The molecule has 1 aliphatic rings. The zero-order valence-electron chi connectivity index (χ0n) is 9.48. The standard InChI is InChI=1S/C10H19N5/c1-11-9-6-4-3-5-8(9)7-10-12-14-15(2)13-10/h8-9,11H,3-7H2,1-2H3. The summed E-state index contributed by atoms with van der Waals surface area (Å²) in [6, 6.07) is 0.627. The van der Waals surface area contributed by atoms with E-state index in [1.807, 2.05) is 14.1 Å². The molecule has 0 aromatic carbocycles. The summed E-state index contributed by atoms with van der Waals surface area (Å²) in [4.78, 5) is 1.53. The van der Waals surface area contributed by atoms with Crippen LogP contribution in [0.3, 0.4) is 0 Å². The number of hydrogen-bond acceptors (Lipinski definition) is 4. The van der Waals surface area contributed by atoms with Gasteiger partial charge in [-0.3, -0.25) is 0 Å². The fourth-order valence-corrected chi connectivity index (χ4v) is 2.47. The largest absolute Gasteiger partial charge is 0.317 e. The van der Waals surface area contributed by atoms with Crippen LogP contribution in [0.25, 0.3) is 0 Å². The van der Waals surface area contributed by atoms with Gasteiger partial charge in [-0.2, -0.15) is 4.80 Å². The van der Waals surface area contributed by atoms with Crippen LogP contribution >= 0.6 is 0 Å². The first-order valence-electron chi connectivity index (χ1n) is 5.69. The quantitative estimate of drug-likeness (QED) is 0.789. The molecular formula is C10H19N5. The van der Waals surface area contributed by atoms with Gasteiger partial charge >= 0.3 is 0 Å². The highest BCUT2D eigenvalue weighted by molar-refractivity contribution is 4.88. The van der Waals surface area contributed by atoms with Crippen molar-refractivity contribution in [3.8, 4) is 0 Å². The van der Waals surface area contributed by atoms with E-state index in [1.54, 1.807) is 0 Å². The lowest BCUT2D eigenvalue weighted by Gasteiger charge is -2.30. The molecule has 1 N–H and O–H groups in total. The van der Waals surface area contributed by atoms with Crippen LogP contribution in [-0.2, 0) is 13.5 Å². The van der Waals surface area contributed by atoms with Crippen molar-refractivity contribution in [3.63, 3.8) is 0 Å². The van der Waals surface area contributed by atoms with Crippen LogP contribution in [0.15, 0.2) is 0 Å². The summed E-state index contributed by atoms with van der Waals surface area (Å²) in [6.45, 7) is 0. The van der Waals surface area contributed by atoms with E-state index in [1.165, 1.54) is 30.5 Å². The van der Waals surface area contributed by atoms with Crippen molar-refractivity contribution >= 4 is 0 Å². The van der Waals surface area contributed by atoms with Gasteiger partial charge in [0.2, 0.25) is 0 Å². The molecule has 0 spiro atoms. The van der Waals surface area contributed by atoms with E-state index in [4.69, 9.17) is 0 Å². The molecule has 1 aliphatic carbocycles. The second-order valence-corrected chi connectivity index (χ2v) is 4.34. The number of rotatable bonds is 3. The number of tetrazole rings is 1. The van der Waals surface area contributed by atoms with Gasteiger partial charge in [-0.25, -0.2) is 0 Å². The molecule has 0 bridgehead atoms. The Morgan fingerprint density at radius 2 is 2.20 bits per heavy atom. The molecular weight excluding hydrogens is 190 g/mol. The average molecular weight is 209 g/mol. The fraction of sp³-hybridized carbons (Fsp3) is 0.900. The highest BCUT2D eigenvalue weighted by Gasteiger charge is 2.25. The Bertz CT molecular complexity index is 309. The summed E-state index contributed by atoms with van der Waals surface area (Å²) in [6.07, 6.45) is 6.20. The molecule has 1 saturated carbocycles. The second-order valence-electron chi connectivity index (χ2n) is 4.34. The predicted octanol–water partition coefficient (Wildman–Crippen LogP) is 0.531. The van der Waals surface area contributed by atoms with Crippen molar-refractivity contribution in [2.75, 3.05) is 7.05 Å². The minimum atomic E-state index is 0.627. The van der Waals surface area contributed by atoms with Gasteiger partial charge in [0.1, 0.15) is 0 Å². The van der Waals surface area contributed by atoms with E-state index >= 15 is 0 Å². The molecule has 2 unspecified atom stereocenters. The molecule has 84 valence electrons. The Labute approximate surface area is 90.2 Å². The smallest absolute Gasteiger partial charge is 0.175 e. The van der Waals surface area contributed by atoms with Crippen LogP contribution in [0.5, 0.6) is 0 Å². The molecule has 1 heterocycles. The third-order valence-corrected chi connectivity index (χ3v) is 3.27. The molecule has 15 heavy (non-hydrogen) atoms. The third kappa shape index (κ3) is 2.53. The first kappa shape index (κ1) is 10.5. The lowest BCUT2D eigenvalue weighted by Crippen LogP contribution is -2.37. The number of nitrogens with zero attached hydrogens (tertiary/aromatic N) is 4. The van der Waals surface area contributed by atoms with E-state index in [2.05, 4.69) is 20.7 Å². The minimum Gasteiger partial charge on any atom is -0.317 e. The van der Waals surface area contributed by atoms with Crippen LogP contribution in [0.1, 0.15) is 31.5 Å². The molecule has 2 rings (SSSR count). The summed E-state index contributed by atoms with van der Waals surface area (Å²) in [5, 5.41) is 15.6. The van der Waals surface area contributed by atoms with Gasteiger partial charge in [-0.05, 0) is 31.0 Å². The molecule has 1 fully saturated rings. The Morgan fingerprint density at radius 1 is 1.40 bits per heavy atom. The van der Waals surface area contributed by atoms with E-state index in [0.29, 0.717) is 12.0 Å². The lowest BCUT2D eigenvalue weighted by molar-refractivity contribution is 0.269. The van der Waals surface area contributed by atoms with Gasteiger partial charge in [-0.15, -0.1) is 10.2 Å². The first-order valence-corrected chi connectivity index (χ1v) is 5.69. The summed E-state index contributed by atoms with van der Waals surface area (Å²) in [7, 11) is 3.86. The van der Waals surface area contributed by atoms with Crippen molar-refractivity contribution in [1.29, 1.82) is 0 Å². The van der Waals surface area contributed by atoms with Crippen LogP contribution in [0, 0.1) is 5.92 Å². The molecule has 1 aromatic rings. The maximum absolute atomic E-state index is 4.24. The molecule has 0 saturated heterocycles. The highest BCUT2D eigenvalue weighted by atomic mass is 15.6. The van der Waals surface area contributed by atoms with E-state index in [-0.39, 0.29) is 0 Å². The van der Waals surface area contributed by atoms with Gasteiger partial charge < -0.3 is 5.32 Å². The summed E-state index contributed by atoms with van der Waals surface area (Å²) < 4.78 is 0. The zero-order valence-corrected chi connectivity index (χ0v) is 9.48. The molecule has 0 radical (unpaired) electrons. The average Bonchev–Trinajstić information content (AvgIpc) is 2.65. The molecule has 1 aromatic heterocycles. The third-order valence-electron chi connectivity index (χ3n) is 3.27. The van der Waals surface area contributed by atoms with Gasteiger partial charge in [-0.1, -0.05) is 12.8 Å². The van der Waals surface area contributed by atoms with Crippen molar-refractivity contribution < 1.29 is 0 Å². The monoisotopic (exact) mass is 209 g/mol.